The predicted molar refractivity (Wildman–Crippen MR) is 73.1 cm³/mol. The fourth-order valence-electron chi connectivity index (χ4n) is 3.33. The van der Waals surface area contributed by atoms with E-state index in [9.17, 15) is 5.11 Å². The van der Waals surface area contributed by atoms with Gasteiger partial charge in [-0.3, -0.25) is 0 Å². The molecule has 3 rings (SSSR count). The highest BCUT2D eigenvalue weighted by molar-refractivity contribution is 4.94. The van der Waals surface area contributed by atoms with Crippen molar-refractivity contribution in [1.82, 2.24) is 4.90 Å². The summed E-state index contributed by atoms with van der Waals surface area (Å²) in [6.07, 6.45) is 6.05. The van der Waals surface area contributed by atoms with Gasteiger partial charge in [0.2, 0.25) is 0 Å². The molecule has 3 fully saturated rings. The summed E-state index contributed by atoms with van der Waals surface area (Å²) in [4.78, 5) is 2.34. The Morgan fingerprint density at radius 1 is 1.37 bits per heavy atom. The van der Waals surface area contributed by atoms with Crippen LogP contribution < -0.4 is 0 Å². The van der Waals surface area contributed by atoms with Crippen molar-refractivity contribution in [1.29, 1.82) is 0 Å². The number of aliphatic hydroxyl groups is 1. The van der Waals surface area contributed by atoms with E-state index in [0.717, 1.165) is 58.0 Å². The predicted octanol–water partition coefficient (Wildman–Crippen LogP) is 1.42. The first-order chi connectivity index (χ1) is 9.15. The lowest BCUT2D eigenvalue weighted by Gasteiger charge is -2.39. The van der Waals surface area contributed by atoms with Crippen LogP contribution in [0.5, 0.6) is 0 Å². The lowest BCUT2D eigenvalue weighted by molar-refractivity contribution is -0.0500. The summed E-state index contributed by atoms with van der Waals surface area (Å²) < 4.78 is 12.1. The molecule has 1 aliphatic carbocycles. The number of hydrogen-bond acceptors (Lipinski definition) is 4. The molecule has 1 N–H and O–H groups in total. The second-order valence-corrected chi connectivity index (χ2v) is 6.75. The molecule has 2 heterocycles. The average Bonchev–Trinajstić information content (AvgIpc) is 3.13. The van der Waals surface area contributed by atoms with Crippen molar-refractivity contribution in [2.45, 2.75) is 56.8 Å². The van der Waals surface area contributed by atoms with Crippen molar-refractivity contribution < 1.29 is 14.6 Å². The molecule has 0 aromatic heterocycles. The van der Waals surface area contributed by atoms with E-state index in [0.29, 0.717) is 6.10 Å². The van der Waals surface area contributed by atoms with Crippen LogP contribution in [0.2, 0.25) is 0 Å². The Balaban J connectivity index is 1.42. The number of β-amino-alcohol motifs (C(OH)–C–C–N with tert-alkyl or cyclic N) is 1. The first-order valence-electron chi connectivity index (χ1n) is 7.81. The molecule has 4 nitrogen and oxygen atoms in total. The number of nitrogens with zero attached hydrogens (tertiary/aromatic N) is 1. The molecular formula is C15H27NO3. The third kappa shape index (κ3) is 3.69. The minimum Gasteiger partial charge on any atom is -0.392 e. The number of aliphatic hydroxyl groups excluding tert-OH is 1. The highest BCUT2D eigenvalue weighted by Crippen LogP contribution is 2.38. The summed E-state index contributed by atoms with van der Waals surface area (Å²) in [5.74, 6) is 0.837. The van der Waals surface area contributed by atoms with Gasteiger partial charge in [-0.25, -0.2) is 0 Å². The van der Waals surface area contributed by atoms with Gasteiger partial charge in [0.15, 0.2) is 0 Å². The van der Waals surface area contributed by atoms with Crippen LogP contribution in [0, 0.1) is 5.92 Å². The van der Waals surface area contributed by atoms with Gasteiger partial charge in [0.25, 0.3) is 0 Å². The maximum atomic E-state index is 9.44. The van der Waals surface area contributed by atoms with Crippen LogP contribution in [0.1, 0.15) is 39.0 Å². The van der Waals surface area contributed by atoms with Gasteiger partial charge in [0.05, 0.1) is 24.4 Å². The molecule has 2 aliphatic heterocycles. The fourth-order valence-corrected chi connectivity index (χ4v) is 3.33. The first-order valence-corrected chi connectivity index (χ1v) is 7.81. The number of piperidine rings is 1. The first kappa shape index (κ1) is 13.8. The zero-order valence-electron chi connectivity index (χ0n) is 12.0. The van der Waals surface area contributed by atoms with Crippen LogP contribution in [0.3, 0.4) is 0 Å². The Hall–Kier alpha value is -0.160. The summed E-state index contributed by atoms with van der Waals surface area (Å²) >= 11 is 0. The molecule has 4 heteroatoms. The van der Waals surface area contributed by atoms with E-state index in [1.165, 1.54) is 12.8 Å². The topological polar surface area (TPSA) is 41.9 Å². The maximum Gasteiger partial charge on any atom is 0.0836 e. The zero-order chi connectivity index (χ0) is 13.3. The largest absolute Gasteiger partial charge is 0.392 e. The third-order valence-electron chi connectivity index (χ3n) is 4.73. The van der Waals surface area contributed by atoms with Crippen LogP contribution in [-0.4, -0.2) is 60.7 Å². The van der Waals surface area contributed by atoms with Crippen molar-refractivity contribution in [3.05, 3.63) is 0 Å². The van der Waals surface area contributed by atoms with Gasteiger partial charge in [0, 0.05) is 32.7 Å². The van der Waals surface area contributed by atoms with Crippen molar-refractivity contribution in [2.24, 2.45) is 5.92 Å². The number of ether oxygens (including phenoxy) is 2. The van der Waals surface area contributed by atoms with Gasteiger partial charge in [-0.1, -0.05) is 0 Å². The van der Waals surface area contributed by atoms with E-state index in [2.05, 4.69) is 4.90 Å². The minimum absolute atomic E-state index is 0.0728. The van der Waals surface area contributed by atoms with Gasteiger partial charge in [0.1, 0.15) is 0 Å². The molecule has 2 saturated heterocycles. The monoisotopic (exact) mass is 269 g/mol. The highest BCUT2D eigenvalue weighted by atomic mass is 16.6. The summed E-state index contributed by atoms with van der Waals surface area (Å²) in [5, 5.41) is 9.44. The van der Waals surface area contributed by atoms with E-state index >= 15 is 0 Å². The second kappa shape index (κ2) is 5.68. The lowest BCUT2D eigenvalue weighted by Crippen LogP contribution is -2.46. The quantitative estimate of drug-likeness (QED) is 0.819. The van der Waals surface area contributed by atoms with Gasteiger partial charge >= 0.3 is 0 Å². The van der Waals surface area contributed by atoms with Crippen LogP contribution in [0.4, 0.5) is 0 Å². The van der Waals surface area contributed by atoms with Crippen molar-refractivity contribution >= 4 is 0 Å². The molecule has 2 atom stereocenters. The Labute approximate surface area is 116 Å². The number of rotatable bonds is 5. The number of likely N-dealkylation sites (tertiary alicyclic amines) is 1. The summed E-state index contributed by atoms with van der Waals surface area (Å²) in [6.45, 7) is 6.46. The Morgan fingerprint density at radius 2 is 2.11 bits per heavy atom. The van der Waals surface area contributed by atoms with Crippen LogP contribution in [0.15, 0.2) is 0 Å². The van der Waals surface area contributed by atoms with Gasteiger partial charge in [-0.05, 0) is 38.5 Å². The van der Waals surface area contributed by atoms with E-state index in [-0.39, 0.29) is 11.7 Å². The van der Waals surface area contributed by atoms with Crippen LogP contribution in [0.25, 0.3) is 0 Å². The zero-order valence-corrected chi connectivity index (χ0v) is 12.0. The second-order valence-electron chi connectivity index (χ2n) is 6.75. The normalized spacial score (nSPS) is 32.8. The molecule has 0 radical (unpaired) electrons. The molecule has 19 heavy (non-hydrogen) atoms. The van der Waals surface area contributed by atoms with Crippen molar-refractivity contribution in [3.63, 3.8) is 0 Å². The van der Waals surface area contributed by atoms with Gasteiger partial charge < -0.3 is 19.5 Å². The molecule has 0 amide bonds. The smallest absolute Gasteiger partial charge is 0.0836 e. The van der Waals surface area contributed by atoms with E-state index < -0.39 is 0 Å². The SMILES string of the molecule is CC(O)CN1CCC2(CC1)CC(OCC1CC1)CO2. The summed E-state index contributed by atoms with van der Waals surface area (Å²) in [6, 6.07) is 0. The van der Waals surface area contributed by atoms with Crippen LogP contribution >= 0.6 is 0 Å². The molecule has 3 aliphatic rings. The molecule has 0 bridgehead atoms. The van der Waals surface area contributed by atoms with Crippen molar-refractivity contribution in [3.8, 4) is 0 Å². The van der Waals surface area contributed by atoms with E-state index in [1.54, 1.807) is 0 Å². The molecular weight excluding hydrogens is 242 g/mol. The molecule has 1 saturated carbocycles. The summed E-state index contributed by atoms with van der Waals surface area (Å²) in [7, 11) is 0. The summed E-state index contributed by atoms with van der Waals surface area (Å²) in [5.41, 5.74) is 0.0728. The van der Waals surface area contributed by atoms with Gasteiger partial charge in [-0.15, -0.1) is 0 Å². The maximum absolute atomic E-state index is 9.44. The molecule has 0 aromatic carbocycles. The molecule has 0 aromatic rings. The minimum atomic E-state index is -0.229. The Morgan fingerprint density at radius 3 is 2.74 bits per heavy atom. The van der Waals surface area contributed by atoms with Crippen LogP contribution in [-0.2, 0) is 9.47 Å². The van der Waals surface area contributed by atoms with E-state index in [4.69, 9.17) is 9.47 Å². The van der Waals surface area contributed by atoms with E-state index in [1.807, 2.05) is 6.92 Å². The molecule has 2 unspecified atom stereocenters. The third-order valence-corrected chi connectivity index (χ3v) is 4.73. The van der Waals surface area contributed by atoms with Gasteiger partial charge in [-0.2, -0.15) is 0 Å². The fraction of sp³-hybridized carbons (Fsp3) is 1.00. The lowest BCUT2D eigenvalue weighted by atomic mass is 9.88. The highest BCUT2D eigenvalue weighted by Gasteiger charge is 2.43. The Kier molecular flexibility index (Phi) is 4.13. The molecule has 1 spiro atoms. The van der Waals surface area contributed by atoms with Crippen molar-refractivity contribution in [2.75, 3.05) is 32.8 Å². The Bertz CT molecular complexity index is 296. The standard InChI is InChI=1S/C15H27NO3/c1-12(17)9-16-6-4-15(5-7-16)8-14(11-19-15)18-10-13-2-3-13/h12-14,17H,2-11H2,1H3. The average molecular weight is 269 g/mol. The molecule has 110 valence electrons. The number of hydrogen-bond donors (Lipinski definition) is 1.